The van der Waals surface area contributed by atoms with Crippen LogP contribution in [0.2, 0.25) is 0 Å². The van der Waals surface area contributed by atoms with Crippen LogP contribution in [0, 0.1) is 5.82 Å². The first-order chi connectivity index (χ1) is 10.9. The molecule has 0 spiro atoms. The predicted octanol–water partition coefficient (Wildman–Crippen LogP) is 2.76. The first kappa shape index (κ1) is 18.6. The van der Waals surface area contributed by atoms with Gasteiger partial charge >= 0.3 is 11.9 Å². The highest BCUT2D eigenvalue weighted by atomic mass is 35.5. The lowest BCUT2D eigenvalue weighted by Gasteiger charge is -2.09. The molecule has 0 aromatic heterocycles. The van der Waals surface area contributed by atoms with Gasteiger partial charge in [-0.3, -0.25) is 0 Å². The number of rotatable bonds is 7. The van der Waals surface area contributed by atoms with Crippen molar-refractivity contribution < 1.29 is 28.2 Å². The number of ether oxygens (including phenoxy) is 3. The van der Waals surface area contributed by atoms with Gasteiger partial charge in [-0.2, -0.15) is 5.11 Å². The Kier molecular flexibility index (Phi) is 7.14. The quantitative estimate of drug-likeness (QED) is 0.249. The number of carbonyl (C=O) groups excluding carboxylic acids is 2. The Hall–Kier alpha value is -2.48. The molecule has 1 aromatic rings. The molecule has 1 rings (SSSR count). The van der Waals surface area contributed by atoms with E-state index in [2.05, 4.69) is 26.3 Å². The van der Waals surface area contributed by atoms with E-state index in [0.29, 0.717) is 0 Å². The van der Waals surface area contributed by atoms with Crippen LogP contribution in [0.3, 0.4) is 0 Å². The van der Waals surface area contributed by atoms with Crippen molar-refractivity contribution in [3.63, 3.8) is 0 Å². The Labute approximate surface area is 136 Å². The smallest absolute Gasteiger partial charge is 0.348 e. The van der Waals surface area contributed by atoms with E-state index in [0.717, 1.165) is 19.2 Å². The highest BCUT2D eigenvalue weighted by Crippen LogP contribution is 2.29. The van der Waals surface area contributed by atoms with Gasteiger partial charge in [0.05, 0.1) is 19.8 Å². The van der Waals surface area contributed by atoms with Crippen LogP contribution in [0.5, 0.6) is 5.75 Å². The van der Waals surface area contributed by atoms with Gasteiger partial charge in [-0.05, 0) is 12.1 Å². The molecule has 23 heavy (non-hydrogen) atoms. The molecule has 9 heteroatoms. The molecule has 124 valence electrons. The Morgan fingerprint density at radius 3 is 2.65 bits per heavy atom. The molecule has 0 aliphatic heterocycles. The van der Waals surface area contributed by atoms with Crippen LogP contribution < -0.4 is 4.74 Å². The number of alkyl halides is 1. The lowest BCUT2D eigenvalue weighted by molar-refractivity contribution is -0.140. The fourth-order valence-electron chi connectivity index (χ4n) is 1.31. The fourth-order valence-corrected chi connectivity index (χ4v) is 1.44. The Morgan fingerprint density at radius 2 is 2.04 bits per heavy atom. The molecular formula is C14H14ClFN2O5. The predicted molar refractivity (Wildman–Crippen MR) is 79.2 cm³/mol. The first-order valence-corrected chi connectivity index (χ1v) is 6.64. The normalized spacial score (nSPS) is 11.8. The van der Waals surface area contributed by atoms with E-state index >= 15 is 0 Å². The van der Waals surface area contributed by atoms with E-state index in [4.69, 9.17) is 16.3 Å². The summed E-state index contributed by atoms with van der Waals surface area (Å²) < 4.78 is 27.4. The van der Waals surface area contributed by atoms with Gasteiger partial charge in [0.2, 0.25) is 5.50 Å². The van der Waals surface area contributed by atoms with Crippen molar-refractivity contribution in [3.8, 4) is 5.75 Å². The monoisotopic (exact) mass is 344 g/mol. The van der Waals surface area contributed by atoms with Gasteiger partial charge < -0.3 is 14.2 Å². The number of hydrogen-bond donors (Lipinski definition) is 0. The van der Waals surface area contributed by atoms with Crippen LogP contribution in [0.15, 0.2) is 40.6 Å². The summed E-state index contributed by atoms with van der Waals surface area (Å²) >= 11 is 5.63. The van der Waals surface area contributed by atoms with Gasteiger partial charge in [-0.1, -0.05) is 18.2 Å². The Bertz CT molecular complexity index is 636. The van der Waals surface area contributed by atoms with E-state index in [-0.39, 0.29) is 23.6 Å². The van der Waals surface area contributed by atoms with Crippen molar-refractivity contribution in [1.29, 1.82) is 0 Å². The van der Waals surface area contributed by atoms with E-state index in [9.17, 15) is 14.0 Å². The van der Waals surface area contributed by atoms with Crippen LogP contribution in [-0.2, 0) is 19.1 Å². The third-order valence-electron chi connectivity index (χ3n) is 2.46. The minimum atomic E-state index is -1.34. The minimum absolute atomic E-state index is 0.00691. The third-order valence-corrected chi connectivity index (χ3v) is 2.73. The van der Waals surface area contributed by atoms with E-state index in [1.807, 2.05) is 0 Å². The molecule has 0 N–H and O–H groups in total. The van der Waals surface area contributed by atoms with Crippen molar-refractivity contribution in [2.24, 2.45) is 10.2 Å². The Morgan fingerprint density at radius 1 is 1.35 bits per heavy atom. The summed E-state index contributed by atoms with van der Waals surface area (Å²) in [4.78, 5) is 22.4. The minimum Gasteiger partial charge on any atom is -0.486 e. The number of esters is 2. The molecule has 7 nitrogen and oxygen atoms in total. The first-order valence-electron chi connectivity index (χ1n) is 6.20. The lowest BCUT2D eigenvalue weighted by atomic mass is 10.3. The molecule has 0 bridgehead atoms. The average molecular weight is 345 g/mol. The van der Waals surface area contributed by atoms with E-state index in [1.54, 1.807) is 0 Å². The summed E-state index contributed by atoms with van der Waals surface area (Å²) in [5.74, 6) is -2.04. The number of hydrogen-bond acceptors (Lipinski definition) is 7. The summed E-state index contributed by atoms with van der Waals surface area (Å²) in [6, 6.07) is 3.44. The van der Waals surface area contributed by atoms with Crippen LogP contribution in [-0.4, -0.2) is 38.3 Å². The molecule has 1 aromatic carbocycles. The summed E-state index contributed by atoms with van der Waals surface area (Å²) in [5, 5.41) is 7.25. The molecule has 1 unspecified atom stereocenters. The second-order valence-electron chi connectivity index (χ2n) is 4.07. The van der Waals surface area contributed by atoms with Crippen LogP contribution >= 0.6 is 11.6 Å². The third kappa shape index (κ3) is 5.67. The van der Waals surface area contributed by atoms with Gasteiger partial charge in [-0.15, -0.1) is 5.11 Å². The number of azo groups is 1. The van der Waals surface area contributed by atoms with Crippen LogP contribution in [0.4, 0.5) is 10.1 Å². The maximum absolute atomic E-state index is 13.3. The maximum atomic E-state index is 13.3. The molecule has 0 aliphatic carbocycles. The number of benzene rings is 1. The molecule has 0 saturated heterocycles. The molecule has 0 heterocycles. The molecule has 0 amide bonds. The largest absolute Gasteiger partial charge is 0.486 e. The molecule has 0 radical (unpaired) electrons. The van der Waals surface area contributed by atoms with Crippen molar-refractivity contribution in [3.05, 3.63) is 36.2 Å². The van der Waals surface area contributed by atoms with E-state index < -0.39 is 23.3 Å². The number of halogens is 2. The maximum Gasteiger partial charge on any atom is 0.348 e. The molecule has 0 saturated carbocycles. The van der Waals surface area contributed by atoms with E-state index in [1.165, 1.54) is 13.2 Å². The van der Waals surface area contributed by atoms with Crippen molar-refractivity contribution in [1.82, 2.24) is 0 Å². The summed E-state index contributed by atoms with van der Waals surface area (Å²) in [6.07, 6.45) is 0. The summed E-state index contributed by atoms with van der Waals surface area (Å²) in [7, 11) is 2.35. The zero-order valence-electron chi connectivity index (χ0n) is 12.4. The summed E-state index contributed by atoms with van der Waals surface area (Å²) in [5.41, 5.74) is -1.20. The van der Waals surface area contributed by atoms with Crippen molar-refractivity contribution >= 4 is 29.2 Å². The van der Waals surface area contributed by atoms with Gasteiger partial charge in [0, 0.05) is 6.07 Å². The van der Waals surface area contributed by atoms with Gasteiger partial charge in [-0.25, -0.2) is 14.0 Å². The average Bonchev–Trinajstić information content (AvgIpc) is 2.56. The highest BCUT2D eigenvalue weighted by molar-refractivity contribution is 6.29. The zero-order valence-corrected chi connectivity index (χ0v) is 13.2. The van der Waals surface area contributed by atoms with Gasteiger partial charge in [0.25, 0.3) is 0 Å². The van der Waals surface area contributed by atoms with Crippen LogP contribution in [0.1, 0.15) is 0 Å². The lowest BCUT2D eigenvalue weighted by Crippen LogP contribution is -2.13. The fraction of sp³-hybridized carbons (Fsp3) is 0.286. The highest BCUT2D eigenvalue weighted by Gasteiger charge is 2.15. The topological polar surface area (TPSA) is 86.5 Å². The van der Waals surface area contributed by atoms with Crippen molar-refractivity contribution in [2.75, 3.05) is 20.8 Å². The number of methoxy groups -OCH3 is 2. The molecule has 0 aliphatic rings. The molecule has 1 atom stereocenters. The standard InChI is InChI=1S/C14H14ClFN2O5/c1-8(13(19)21-2)7-23-11-6-9(16)4-5-10(11)17-18-12(15)14(20)22-3/h4-6,12H,1,7H2,2-3H3. The van der Waals surface area contributed by atoms with Gasteiger partial charge in [0.15, 0.2) is 0 Å². The molecule has 0 fully saturated rings. The SMILES string of the molecule is C=C(COc1cc(F)ccc1N=NC(Cl)C(=O)OC)C(=O)OC. The summed E-state index contributed by atoms with van der Waals surface area (Å²) in [6.45, 7) is 3.24. The zero-order chi connectivity index (χ0) is 17.4. The molecular weight excluding hydrogens is 331 g/mol. The van der Waals surface area contributed by atoms with Gasteiger partial charge in [0.1, 0.15) is 23.9 Å². The van der Waals surface area contributed by atoms with Crippen LogP contribution in [0.25, 0.3) is 0 Å². The number of carbonyl (C=O) groups is 2. The number of nitrogens with zero attached hydrogens (tertiary/aromatic N) is 2. The van der Waals surface area contributed by atoms with Crippen molar-refractivity contribution in [2.45, 2.75) is 5.50 Å². The Balaban J connectivity index is 2.89. The second kappa shape index (κ2) is 8.84. The second-order valence-corrected chi connectivity index (χ2v) is 4.48.